The summed E-state index contributed by atoms with van der Waals surface area (Å²) in [6.07, 6.45) is 1.02. The summed E-state index contributed by atoms with van der Waals surface area (Å²) in [4.78, 5) is 21.6. The van der Waals surface area contributed by atoms with Crippen LogP contribution in [-0.4, -0.2) is 21.3 Å². The maximum atomic E-state index is 8.88. The summed E-state index contributed by atoms with van der Waals surface area (Å²) in [7, 11) is -4.64. The summed E-state index contributed by atoms with van der Waals surface area (Å²) in [5.74, 6) is 6.09. The normalized spacial score (nSPS) is 10.2. The Morgan fingerprint density at radius 3 is 2.12 bits per heavy atom. The van der Waals surface area contributed by atoms with Gasteiger partial charge in [-0.25, -0.2) is 4.57 Å². The number of anilines is 1. The number of ether oxygens (including phenoxy) is 1. The largest absolute Gasteiger partial charge is 0.494 e. The van der Waals surface area contributed by atoms with Gasteiger partial charge in [0.05, 0.1) is 6.61 Å². The number of benzene rings is 1. The van der Waals surface area contributed by atoms with Crippen molar-refractivity contribution >= 4 is 13.5 Å². The second-order valence-electron chi connectivity index (χ2n) is 3.03. The molecule has 0 heterocycles. The molecule has 0 aliphatic carbocycles. The molecule has 1 rings (SSSR count). The highest BCUT2D eigenvalue weighted by atomic mass is 31.2. The lowest BCUT2D eigenvalue weighted by atomic mass is 10.3. The quantitative estimate of drug-likeness (QED) is 0.310. The Kier molecular flexibility index (Phi) is 7.53. The maximum absolute atomic E-state index is 8.88. The van der Waals surface area contributed by atoms with E-state index in [1.165, 1.54) is 0 Å². The van der Waals surface area contributed by atoms with Gasteiger partial charge < -0.3 is 24.8 Å². The van der Waals surface area contributed by atoms with Gasteiger partial charge in [-0.05, 0) is 30.7 Å². The van der Waals surface area contributed by atoms with Crippen LogP contribution in [0.1, 0.15) is 13.3 Å². The van der Waals surface area contributed by atoms with E-state index in [9.17, 15) is 0 Å². The Balaban J connectivity index is 0.000000437. The van der Waals surface area contributed by atoms with Gasteiger partial charge in [0.15, 0.2) is 0 Å². The smallest absolute Gasteiger partial charge is 0.466 e. The van der Waals surface area contributed by atoms with Crippen LogP contribution in [0.2, 0.25) is 0 Å². The lowest BCUT2D eigenvalue weighted by Gasteiger charge is -2.04. The number of nitrogen functional groups attached to an aromatic ring is 1. The van der Waals surface area contributed by atoms with Crippen LogP contribution in [0.25, 0.3) is 0 Å². The van der Waals surface area contributed by atoms with Crippen molar-refractivity contribution in [2.45, 2.75) is 13.3 Å². The van der Waals surface area contributed by atoms with Gasteiger partial charge in [0, 0.05) is 5.69 Å². The number of nitrogens with one attached hydrogen (secondary N) is 1. The Labute approximate surface area is 99.4 Å². The van der Waals surface area contributed by atoms with Crippen LogP contribution in [-0.2, 0) is 4.57 Å². The molecule has 0 fully saturated rings. The van der Waals surface area contributed by atoms with Crippen molar-refractivity contribution in [2.75, 3.05) is 12.0 Å². The zero-order chi connectivity index (χ0) is 13.3. The minimum Gasteiger partial charge on any atom is -0.494 e. The Bertz CT molecular complexity index is 343. The van der Waals surface area contributed by atoms with Gasteiger partial charge in [0.25, 0.3) is 0 Å². The van der Waals surface area contributed by atoms with E-state index >= 15 is 0 Å². The lowest BCUT2D eigenvalue weighted by Crippen LogP contribution is -2.06. The molecule has 0 unspecified atom stereocenters. The second-order valence-corrected chi connectivity index (χ2v) is 4.06. The standard InChI is InChI=1S/C9H14N2O.H3O4P/c1-2-7-12-9-5-3-8(11-10)4-6-9;1-5(2,3)4/h3-6,11H,2,7,10H2,1H3;(H3,1,2,3,4). The summed E-state index contributed by atoms with van der Waals surface area (Å²) in [5.41, 5.74) is 3.44. The average Bonchev–Trinajstić information content (AvgIpc) is 2.25. The molecule has 0 aromatic heterocycles. The first kappa shape index (κ1) is 15.9. The summed E-state index contributed by atoms with van der Waals surface area (Å²) in [5, 5.41) is 0. The first-order valence-electron chi connectivity index (χ1n) is 4.84. The first-order chi connectivity index (χ1) is 7.86. The van der Waals surface area contributed by atoms with E-state index < -0.39 is 7.82 Å². The zero-order valence-corrected chi connectivity index (χ0v) is 10.3. The van der Waals surface area contributed by atoms with Crippen molar-refractivity contribution in [1.29, 1.82) is 0 Å². The SMILES string of the molecule is CCCOc1ccc(NN)cc1.O=P(O)(O)O. The van der Waals surface area contributed by atoms with E-state index in [1.807, 2.05) is 24.3 Å². The lowest BCUT2D eigenvalue weighted by molar-refractivity contribution is 0.275. The molecule has 7 nitrogen and oxygen atoms in total. The molecule has 0 aliphatic rings. The molecule has 0 aliphatic heterocycles. The summed E-state index contributed by atoms with van der Waals surface area (Å²) in [6, 6.07) is 7.55. The second kappa shape index (κ2) is 8.05. The highest BCUT2D eigenvalue weighted by Gasteiger charge is 2.00. The molecule has 0 saturated heterocycles. The summed E-state index contributed by atoms with van der Waals surface area (Å²) >= 11 is 0. The van der Waals surface area contributed by atoms with E-state index in [1.54, 1.807) is 0 Å². The molecule has 0 saturated carbocycles. The highest BCUT2D eigenvalue weighted by molar-refractivity contribution is 7.45. The first-order valence-corrected chi connectivity index (χ1v) is 6.41. The molecule has 17 heavy (non-hydrogen) atoms. The molecule has 6 N–H and O–H groups in total. The molecule has 0 radical (unpaired) electrons. The van der Waals surface area contributed by atoms with E-state index in [0.717, 1.165) is 24.5 Å². The third-order valence-electron chi connectivity index (χ3n) is 1.49. The van der Waals surface area contributed by atoms with Crippen LogP contribution in [0.5, 0.6) is 5.75 Å². The molecule has 8 heteroatoms. The van der Waals surface area contributed by atoms with Crippen LogP contribution in [0.4, 0.5) is 5.69 Å². The molecule has 1 aromatic carbocycles. The van der Waals surface area contributed by atoms with Crippen molar-refractivity contribution in [1.82, 2.24) is 0 Å². The van der Waals surface area contributed by atoms with Crippen LogP contribution in [0.15, 0.2) is 24.3 Å². The monoisotopic (exact) mass is 264 g/mol. The molecule has 0 bridgehead atoms. The molecule has 0 spiro atoms. The number of hydrogen-bond acceptors (Lipinski definition) is 4. The third-order valence-corrected chi connectivity index (χ3v) is 1.49. The van der Waals surface area contributed by atoms with Crippen molar-refractivity contribution < 1.29 is 24.0 Å². The van der Waals surface area contributed by atoms with Gasteiger partial charge in [-0.2, -0.15) is 0 Å². The number of nitrogens with two attached hydrogens (primary N) is 1. The van der Waals surface area contributed by atoms with Gasteiger partial charge in [0.2, 0.25) is 0 Å². The number of hydrazine groups is 1. The van der Waals surface area contributed by atoms with Crippen LogP contribution in [0.3, 0.4) is 0 Å². The molecular weight excluding hydrogens is 247 g/mol. The van der Waals surface area contributed by atoms with Crippen molar-refractivity contribution in [3.8, 4) is 5.75 Å². The number of phosphoric acid groups is 1. The topological polar surface area (TPSA) is 125 Å². The Morgan fingerprint density at radius 1 is 1.29 bits per heavy atom. The highest BCUT2D eigenvalue weighted by Crippen LogP contribution is 2.25. The predicted octanol–water partition coefficient (Wildman–Crippen LogP) is 0.832. The third kappa shape index (κ3) is 11.2. The zero-order valence-electron chi connectivity index (χ0n) is 9.41. The molecule has 98 valence electrons. The maximum Gasteiger partial charge on any atom is 0.466 e. The fourth-order valence-electron chi connectivity index (χ4n) is 0.867. The molecule has 0 amide bonds. The number of rotatable bonds is 4. The van der Waals surface area contributed by atoms with Crippen molar-refractivity contribution in [3.05, 3.63) is 24.3 Å². The van der Waals surface area contributed by atoms with Crippen LogP contribution < -0.4 is 16.0 Å². The fourth-order valence-corrected chi connectivity index (χ4v) is 0.867. The molecule has 0 atom stereocenters. The van der Waals surface area contributed by atoms with Gasteiger partial charge in [-0.3, -0.25) is 5.84 Å². The minimum atomic E-state index is -4.64. The van der Waals surface area contributed by atoms with E-state index in [4.69, 9.17) is 29.8 Å². The average molecular weight is 264 g/mol. The van der Waals surface area contributed by atoms with Crippen molar-refractivity contribution in [2.24, 2.45) is 5.84 Å². The molecule has 1 aromatic rings. The van der Waals surface area contributed by atoms with E-state index in [-0.39, 0.29) is 0 Å². The Morgan fingerprint density at radius 2 is 1.76 bits per heavy atom. The summed E-state index contributed by atoms with van der Waals surface area (Å²) < 4.78 is 14.3. The fraction of sp³-hybridized carbons (Fsp3) is 0.333. The van der Waals surface area contributed by atoms with Crippen LogP contribution >= 0.6 is 7.82 Å². The van der Waals surface area contributed by atoms with Gasteiger partial charge >= 0.3 is 7.82 Å². The minimum absolute atomic E-state index is 0.759. The van der Waals surface area contributed by atoms with Crippen molar-refractivity contribution in [3.63, 3.8) is 0 Å². The predicted molar refractivity (Wildman–Crippen MR) is 64.3 cm³/mol. The van der Waals surface area contributed by atoms with E-state index in [0.29, 0.717) is 0 Å². The van der Waals surface area contributed by atoms with Gasteiger partial charge in [-0.1, -0.05) is 6.92 Å². The molecular formula is C9H17N2O5P. The van der Waals surface area contributed by atoms with E-state index in [2.05, 4.69) is 12.3 Å². The van der Waals surface area contributed by atoms with Gasteiger partial charge in [0.1, 0.15) is 5.75 Å². The van der Waals surface area contributed by atoms with Crippen LogP contribution in [0, 0.1) is 0 Å². The number of hydrogen-bond donors (Lipinski definition) is 5. The van der Waals surface area contributed by atoms with Gasteiger partial charge in [-0.15, -0.1) is 0 Å². The summed E-state index contributed by atoms with van der Waals surface area (Å²) in [6.45, 7) is 2.84. The Hall–Kier alpha value is -1.11.